The van der Waals surface area contributed by atoms with E-state index in [4.69, 9.17) is 4.74 Å². The Morgan fingerprint density at radius 2 is 1.48 bits per heavy atom. The second kappa shape index (κ2) is 7.60. The molecule has 0 saturated heterocycles. The minimum atomic E-state index is -0.0997. The predicted molar refractivity (Wildman–Crippen MR) is 84.2 cm³/mol. The van der Waals surface area contributed by atoms with Crippen molar-refractivity contribution in [3.8, 4) is 0 Å². The summed E-state index contributed by atoms with van der Waals surface area (Å²) >= 11 is 0. The zero-order valence-electron chi connectivity index (χ0n) is 12.5. The molecule has 0 fully saturated rings. The van der Waals surface area contributed by atoms with E-state index in [0.717, 1.165) is 0 Å². The third-order valence-electron chi connectivity index (χ3n) is 3.45. The van der Waals surface area contributed by atoms with Crippen LogP contribution in [-0.4, -0.2) is 25.7 Å². The molecular weight excluding hydrogens is 262 g/mol. The molecular formula is C18H21NO2. The van der Waals surface area contributed by atoms with Gasteiger partial charge >= 0.3 is 0 Å². The molecule has 0 unspecified atom stereocenters. The summed E-state index contributed by atoms with van der Waals surface area (Å²) in [7, 11) is 1.65. The normalized spacial score (nSPS) is 12.1. The molecule has 0 aliphatic rings. The molecule has 0 aliphatic heterocycles. The Kier molecular flexibility index (Phi) is 5.52. The Morgan fingerprint density at radius 3 is 1.86 bits per heavy atom. The molecule has 0 radical (unpaired) electrons. The molecule has 110 valence electrons. The Hall–Kier alpha value is -2.13. The summed E-state index contributed by atoms with van der Waals surface area (Å²) in [5.41, 5.74) is 2.33. The fourth-order valence-corrected chi connectivity index (χ4v) is 2.64. The lowest BCUT2D eigenvalue weighted by Gasteiger charge is -2.28. The maximum absolute atomic E-state index is 11.5. The Labute approximate surface area is 126 Å². The summed E-state index contributed by atoms with van der Waals surface area (Å²) in [6.07, 6.45) is 0. The molecule has 3 heteroatoms. The van der Waals surface area contributed by atoms with E-state index in [2.05, 4.69) is 29.6 Å². The van der Waals surface area contributed by atoms with Crippen LogP contribution in [0.1, 0.15) is 24.0 Å². The molecule has 1 atom stereocenters. The SMILES string of the molecule is COC[C@H](NC(C)=O)C(c1ccccc1)c1ccccc1. The molecule has 2 aromatic carbocycles. The van der Waals surface area contributed by atoms with Crippen LogP contribution in [0.25, 0.3) is 0 Å². The van der Waals surface area contributed by atoms with Crippen LogP contribution in [0.3, 0.4) is 0 Å². The lowest BCUT2D eigenvalue weighted by molar-refractivity contribution is -0.120. The van der Waals surface area contributed by atoms with E-state index in [-0.39, 0.29) is 17.9 Å². The number of carbonyl (C=O) groups excluding carboxylic acids is 1. The average molecular weight is 283 g/mol. The van der Waals surface area contributed by atoms with Gasteiger partial charge in [-0.3, -0.25) is 4.79 Å². The second-order valence-corrected chi connectivity index (χ2v) is 5.06. The lowest BCUT2D eigenvalue weighted by Crippen LogP contribution is -2.41. The molecule has 0 spiro atoms. The maximum atomic E-state index is 11.5. The number of methoxy groups -OCH3 is 1. The van der Waals surface area contributed by atoms with Crippen molar-refractivity contribution < 1.29 is 9.53 Å². The van der Waals surface area contributed by atoms with Crippen molar-refractivity contribution in [2.24, 2.45) is 0 Å². The number of benzene rings is 2. The Bertz CT molecular complexity index is 514. The van der Waals surface area contributed by atoms with E-state index in [1.54, 1.807) is 7.11 Å². The molecule has 0 aromatic heterocycles. The fourth-order valence-electron chi connectivity index (χ4n) is 2.64. The topological polar surface area (TPSA) is 38.3 Å². The van der Waals surface area contributed by atoms with Crippen molar-refractivity contribution in [1.29, 1.82) is 0 Å². The van der Waals surface area contributed by atoms with Gasteiger partial charge in [-0.25, -0.2) is 0 Å². The highest BCUT2D eigenvalue weighted by Gasteiger charge is 2.25. The number of rotatable bonds is 6. The first-order chi connectivity index (χ1) is 10.2. The van der Waals surface area contributed by atoms with Gasteiger partial charge in [0, 0.05) is 20.0 Å². The average Bonchev–Trinajstić information content (AvgIpc) is 2.49. The molecule has 2 aromatic rings. The van der Waals surface area contributed by atoms with Gasteiger partial charge in [-0.2, -0.15) is 0 Å². The molecule has 3 nitrogen and oxygen atoms in total. The van der Waals surface area contributed by atoms with Crippen molar-refractivity contribution in [2.75, 3.05) is 13.7 Å². The van der Waals surface area contributed by atoms with Gasteiger partial charge in [-0.1, -0.05) is 60.7 Å². The van der Waals surface area contributed by atoms with Crippen LogP contribution in [0, 0.1) is 0 Å². The smallest absolute Gasteiger partial charge is 0.217 e. The number of carbonyl (C=O) groups is 1. The largest absolute Gasteiger partial charge is 0.383 e. The van der Waals surface area contributed by atoms with E-state index in [9.17, 15) is 4.79 Å². The van der Waals surface area contributed by atoms with Crippen LogP contribution in [0.5, 0.6) is 0 Å². The molecule has 0 saturated carbocycles. The molecule has 0 aliphatic carbocycles. The van der Waals surface area contributed by atoms with Crippen LogP contribution in [0.2, 0.25) is 0 Å². The minimum absolute atomic E-state index is 0.0473. The highest BCUT2D eigenvalue weighted by atomic mass is 16.5. The number of hydrogen-bond acceptors (Lipinski definition) is 2. The number of amides is 1. The van der Waals surface area contributed by atoms with Crippen molar-refractivity contribution in [3.63, 3.8) is 0 Å². The molecule has 2 rings (SSSR count). The predicted octanol–water partition coefficient (Wildman–Crippen LogP) is 2.97. The van der Waals surface area contributed by atoms with E-state index in [0.29, 0.717) is 6.61 Å². The summed E-state index contributed by atoms with van der Waals surface area (Å²) in [6.45, 7) is 2.00. The van der Waals surface area contributed by atoms with Crippen LogP contribution in [0.15, 0.2) is 60.7 Å². The number of nitrogens with one attached hydrogen (secondary N) is 1. The van der Waals surface area contributed by atoms with E-state index < -0.39 is 0 Å². The quantitative estimate of drug-likeness (QED) is 0.885. The first-order valence-electron chi connectivity index (χ1n) is 7.08. The Morgan fingerprint density at radius 1 is 1.00 bits per heavy atom. The van der Waals surface area contributed by atoms with E-state index >= 15 is 0 Å². The van der Waals surface area contributed by atoms with Crippen LogP contribution < -0.4 is 5.32 Å². The zero-order chi connectivity index (χ0) is 15.1. The van der Waals surface area contributed by atoms with Crippen LogP contribution in [-0.2, 0) is 9.53 Å². The standard InChI is InChI=1S/C18H21NO2/c1-14(20)19-17(13-21-2)18(15-9-5-3-6-10-15)16-11-7-4-8-12-16/h3-12,17-18H,13H2,1-2H3,(H,19,20)/t17-/m0/s1. The van der Waals surface area contributed by atoms with Gasteiger partial charge in [0.05, 0.1) is 12.6 Å². The van der Waals surface area contributed by atoms with Crippen LogP contribution >= 0.6 is 0 Å². The van der Waals surface area contributed by atoms with Gasteiger partial charge in [0.2, 0.25) is 5.91 Å². The summed E-state index contributed by atoms with van der Waals surface area (Å²) in [5, 5.41) is 3.01. The summed E-state index contributed by atoms with van der Waals surface area (Å²) in [5.74, 6) is 0.0187. The summed E-state index contributed by atoms with van der Waals surface area (Å²) < 4.78 is 5.31. The monoisotopic (exact) mass is 283 g/mol. The van der Waals surface area contributed by atoms with Crippen molar-refractivity contribution >= 4 is 5.91 Å². The lowest BCUT2D eigenvalue weighted by atomic mass is 9.85. The summed E-state index contributed by atoms with van der Waals surface area (Å²) in [4.78, 5) is 11.5. The zero-order valence-corrected chi connectivity index (χ0v) is 12.5. The van der Waals surface area contributed by atoms with Gasteiger partial charge in [-0.05, 0) is 11.1 Å². The van der Waals surface area contributed by atoms with Gasteiger partial charge in [-0.15, -0.1) is 0 Å². The first-order valence-corrected chi connectivity index (χ1v) is 7.08. The minimum Gasteiger partial charge on any atom is -0.383 e. The third kappa shape index (κ3) is 4.17. The Balaban J connectivity index is 2.41. The second-order valence-electron chi connectivity index (χ2n) is 5.06. The highest BCUT2D eigenvalue weighted by molar-refractivity contribution is 5.73. The molecule has 0 heterocycles. The van der Waals surface area contributed by atoms with E-state index in [1.807, 2.05) is 36.4 Å². The molecule has 1 amide bonds. The number of ether oxygens (including phenoxy) is 1. The van der Waals surface area contributed by atoms with Crippen molar-refractivity contribution in [1.82, 2.24) is 5.32 Å². The summed E-state index contributed by atoms with van der Waals surface area (Å²) in [6, 6.07) is 20.3. The van der Waals surface area contributed by atoms with Gasteiger partial charge in [0.15, 0.2) is 0 Å². The van der Waals surface area contributed by atoms with Crippen LogP contribution in [0.4, 0.5) is 0 Å². The van der Waals surface area contributed by atoms with Crippen molar-refractivity contribution in [2.45, 2.75) is 18.9 Å². The maximum Gasteiger partial charge on any atom is 0.217 e. The molecule has 1 N–H and O–H groups in total. The third-order valence-corrected chi connectivity index (χ3v) is 3.45. The number of hydrogen-bond donors (Lipinski definition) is 1. The first kappa shape index (κ1) is 15.3. The highest BCUT2D eigenvalue weighted by Crippen LogP contribution is 2.28. The molecule has 21 heavy (non-hydrogen) atoms. The fraction of sp³-hybridized carbons (Fsp3) is 0.278. The van der Waals surface area contributed by atoms with E-state index in [1.165, 1.54) is 18.1 Å². The molecule has 0 bridgehead atoms. The van der Waals surface area contributed by atoms with Gasteiger partial charge in [0.1, 0.15) is 0 Å². The van der Waals surface area contributed by atoms with Gasteiger partial charge in [0.25, 0.3) is 0 Å². The van der Waals surface area contributed by atoms with Gasteiger partial charge < -0.3 is 10.1 Å². The van der Waals surface area contributed by atoms with Crippen molar-refractivity contribution in [3.05, 3.63) is 71.8 Å².